The largest absolute Gasteiger partial charge is 0.508 e. The van der Waals surface area contributed by atoms with Crippen molar-refractivity contribution in [2.24, 2.45) is 11.8 Å². The molecule has 0 radical (unpaired) electrons. The molecule has 1 aromatic carbocycles. The van der Waals surface area contributed by atoms with Crippen LogP contribution in [0.5, 0.6) is 11.5 Å². The Balaban J connectivity index is 2.07. The summed E-state index contributed by atoms with van der Waals surface area (Å²) >= 11 is 0. The zero-order chi connectivity index (χ0) is 25.2. The van der Waals surface area contributed by atoms with Gasteiger partial charge in [0, 0.05) is 18.5 Å². The van der Waals surface area contributed by atoms with Gasteiger partial charge in [0.05, 0.1) is 11.5 Å². The minimum Gasteiger partial charge on any atom is -0.508 e. The van der Waals surface area contributed by atoms with E-state index in [-0.39, 0.29) is 53.8 Å². The average molecular weight is 483 g/mol. The summed E-state index contributed by atoms with van der Waals surface area (Å²) in [5.74, 6) is -5.68. The van der Waals surface area contributed by atoms with E-state index >= 15 is 0 Å². The number of anilines is 1. The molecule has 1 aliphatic carbocycles. The van der Waals surface area contributed by atoms with Crippen LogP contribution < -0.4 is 10.6 Å². The number of nitrogens with one attached hydrogen (secondary N) is 2. The molecule has 2 atom stereocenters. The van der Waals surface area contributed by atoms with Crippen molar-refractivity contribution in [1.82, 2.24) is 10.5 Å². The van der Waals surface area contributed by atoms with Crippen LogP contribution in [0.4, 0.5) is 18.9 Å². The molecule has 2 aromatic rings. The third-order valence-electron chi connectivity index (χ3n) is 6.03. The van der Waals surface area contributed by atoms with Gasteiger partial charge in [0.25, 0.3) is 5.91 Å². The molecule has 2 unspecified atom stereocenters. The number of aromatic hydroxyl groups is 2. The molecule has 0 aliphatic heterocycles. The third-order valence-corrected chi connectivity index (χ3v) is 6.03. The van der Waals surface area contributed by atoms with Crippen molar-refractivity contribution in [3.05, 3.63) is 23.4 Å². The Kier molecular flexibility index (Phi) is 7.42. The molecule has 8 nitrogen and oxygen atoms in total. The molecule has 3 rings (SSSR count). The first-order valence-corrected chi connectivity index (χ1v) is 11.2. The summed E-state index contributed by atoms with van der Waals surface area (Å²) < 4.78 is 46.0. The zero-order valence-electron chi connectivity index (χ0n) is 19.1. The second kappa shape index (κ2) is 9.94. The van der Waals surface area contributed by atoms with Gasteiger partial charge in [-0.15, -0.1) is 0 Å². The Hall–Kier alpha value is -3.24. The molecule has 1 fully saturated rings. The number of benzene rings is 1. The van der Waals surface area contributed by atoms with Gasteiger partial charge >= 0.3 is 6.18 Å². The van der Waals surface area contributed by atoms with E-state index in [4.69, 9.17) is 4.52 Å². The number of aromatic nitrogens is 1. The SMILES string of the molecule is CCNC(=O)c1noc(-c2cc(C(C)C)c(O)cc2O)c1NC(=O)C1CCCCC1C(F)(F)F. The molecule has 1 aliphatic rings. The summed E-state index contributed by atoms with van der Waals surface area (Å²) in [6.45, 7) is 5.50. The molecular weight excluding hydrogens is 455 g/mol. The van der Waals surface area contributed by atoms with E-state index in [1.807, 2.05) is 0 Å². The Labute approximate surface area is 194 Å². The highest BCUT2D eigenvalue weighted by molar-refractivity contribution is 6.06. The number of rotatable bonds is 6. The molecule has 4 N–H and O–H groups in total. The fourth-order valence-electron chi connectivity index (χ4n) is 4.28. The molecule has 1 aromatic heterocycles. The quantitative estimate of drug-likeness (QED) is 0.462. The highest BCUT2D eigenvalue weighted by atomic mass is 19.4. The minimum absolute atomic E-state index is 0.0239. The predicted molar refractivity (Wildman–Crippen MR) is 117 cm³/mol. The van der Waals surface area contributed by atoms with Crippen LogP contribution in [0.25, 0.3) is 11.3 Å². The third kappa shape index (κ3) is 5.13. The highest BCUT2D eigenvalue weighted by Crippen LogP contribution is 2.44. The fourth-order valence-corrected chi connectivity index (χ4v) is 4.28. The van der Waals surface area contributed by atoms with Crippen LogP contribution in [0.3, 0.4) is 0 Å². The monoisotopic (exact) mass is 483 g/mol. The number of amides is 2. The van der Waals surface area contributed by atoms with E-state index in [0.29, 0.717) is 18.4 Å². The number of halogens is 3. The lowest BCUT2D eigenvalue weighted by atomic mass is 9.78. The summed E-state index contributed by atoms with van der Waals surface area (Å²) in [7, 11) is 0. The molecule has 1 heterocycles. The van der Waals surface area contributed by atoms with Crippen molar-refractivity contribution in [2.45, 2.75) is 58.5 Å². The molecule has 0 saturated heterocycles. The van der Waals surface area contributed by atoms with Crippen LogP contribution in [0, 0.1) is 11.8 Å². The number of alkyl halides is 3. The number of hydrogen-bond donors (Lipinski definition) is 4. The van der Waals surface area contributed by atoms with Crippen molar-refractivity contribution in [1.29, 1.82) is 0 Å². The number of carbonyl (C=O) groups excluding carboxylic acids is 2. The van der Waals surface area contributed by atoms with Gasteiger partial charge in [-0.25, -0.2) is 0 Å². The molecule has 34 heavy (non-hydrogen) atoms. The normalized spacial score (nSPS) is 18.7. The molecule has 186 valence electrons. The Bertz CT molecular complexity index is 1060. The summed E-state index contributed by atoms with van der Waals surface area (Å²) in [4.78, 5) is 25.6. The van der Waals surface area contributed by atoms with Crippen molar-refractivity contribution in [3.8, 4) is 22.8 Å². The molecular formula is C23H28F3N3O5. The Morgan fingerprint density at radius 2 is 1.85 bits per heavy atom. The Morgan fingerprint density at radius 1 is 1.18 bits per heavy atom. The van der Waals surface area contributed by atoms with Crippen molar-refractivity contribution >= 4 is 17.5 Å². The summed E-state index contributed by atoms with van der Waals surface area (Å²) in [5, 5.41) is 29.2. The highest BCUT2D eigenvalue weighted by Gasteiger charge is 2.48. The average Bonchev–Trinajstić information content (AvgIpc) is 3.16. The van der Waals surface area contributed by atoms with Crippen LogP contribution in [-0.4, -0.2) is 39.9 Å². The second-order valence-electron chi connectivity index (χ2n) is 8.71. The van der Waals surface area contributed by atoms with Crippen LogP contribution in [0.15, 0.2) is 16.7 Å². The smallest absolute Gasteiger partial charge is 0.392 e. The number of hydrogen-bond acceptors (Lipinski definition) is 6. The van der Waals surface area contributed by atoms with Gasteiger partial charge in [-0.2, -0.15) is 13.2 Å². The molecule has 2 amide bonds. The van der Waals surface area contributed by atoms with E-state index in [1.54, 1.807) is 20.8 Å². The maximum Gasteiger partial charge on any atom is 0.392 e. The topological polar surface area (TPSA) is 125 Å². The first-order valence-electron chi connectivity index (χ1n) is 11.2. The van der Waals surface area contributed by atoms with Crippen molar-refractivity contribution in [2.75, 3.05) is 11.9 Å². The van der Waals surface area contributed by atoms with Crippen LogP contribution in [-0.2, 0) is 4.79 Å². The predicted octanol–water partition coefficient (Wildman–Crippen LogP) is 4.93. The molecule has 0 bridgehead atoms. The van der Waals surface area contributed by atoms with Gasteiger partial charge in [-0.3, -0.25) is 9.59 Å². The van der Waals surface area contributed by atoms with E-state index in [1.165, 1.54) is 6.07 Å². The molecule has 0 spiro atoms. The second-order valence-corrected chi connectivity index (χ2v) is 8.71. The maximum absolute atomic E-state index is 13.6. The summed E-state index contributed by atoms with van der Waals surface area (Å²) in [5.41, 5.74) is -0.0948. The van der Waals surface area contributed by atoms with E-state index in [0.717, 1.165) is 6.07 Å². The molecule has 1 saturated carbocycles. The molecule has 11 heteroatoms. The van der Waals surface area contributed by atoms with E-state index in [2.05, 4.69) is 15.8 Å². The van der Waals surface area contributed by atoms with Crippen molar-refractivity contribution < 1.29 is 37.5 Å². The van der Waals surface area contributed by atoms with E-state index in [9.17, 15) is 33.0 Å². The lowest BCUT2D eigenvalue weighted by Crippen LogP contribution is -2.40. The van der Waals surface area contributed by atoms with Crippen LogP contribution in [0.1, 0.15) is 68.4 Å². The summed E-state index contributed by atoms with van der Waals surface area (Å²) in [6, 6.07) is 2.51. The number of phenolic OH excluding ortho intramolecular Hbond substituents is 2. The van der Waals surface area contributed by atoms with Gasteiger partial charge in [-0.05, 0) is 37.3 Å². The summed E-state index contributed by atoms with van der Waals surface area (Å²) in [6.07, 6.45) is -3.80. The van der Waals surface area contributed by atoms with Gasteiger partial charge in [0.2, 0.25) is 5.91 Å². The van der Waals surface area contributed by atoms with Crippen LogP contribution >= 0.6 is 0 Å². The van der Waals surface area contributed by atoms with Crippen molar-refractivity contribution in [3.63, 3.8) is 0 Å². The van der Waals surface area contributed by atoms with Gasteiger partial charge in [-0.1, -0.05) is 31.8 Å². The zero-order valence-corrected chi connectivity index (χ0v) is 19.1. The fraction of sp³-hybridized carbons (Fsp3) is 0.522. The first-order chi connectivity index (χ1) is 16.0. The Morgan fingerprint density at radius 3 is 2.47 bits per heavy atom. The number of nitrogens with zero attached hydrogens (tertiary/aromatic N) is 1. The number of carbonyl (C=O) groups is 2. The number of phenols is 2. The standard InChI is InChI=1S/C23H28F3N3O5/c1-4-27-22(33)19-18(28-21(32)12-7-5-6-8-15(12)23(24,25)26)20(34-29-19)14-9-13(11(2)3)16(30)10-17(14)31/h9-12,15,30-31H,4-8H2,1-3H3,(H,27,33)(H,28,32). The lowest BCUT2D eigenvalue weighted by Gasteiger charge is -2.31. The van der Waals surface area contributed by atoms with Gasteiger partial charge < -0.3 is 25.4 Å². The van der Waals surface area contributed by atoms with Crippen LogP contribution in [0.2, 0.25) is 0 Å². The first kappa shape index (κ1) is 25.4. The van der Waals surface area contributed by atoms with Gasteiger partial charge in [0.15, 0.2) is 11.5 Å². The lowest BCUT2D eigenvalue weighted by molar-refractivity contribution is -0.197. The van der Waals surface area contributed by atoms with Gasteiger partial charge in [0.1, 0.15) is 17.2 Å². The van der Waals surface area contributed by atoms with E-state index < -0.39 is 35.6 Å². The minimum atomic E-state index is -4.54. The maximum atomic E-state index is 13.6.